The topological polar surface area (TPSA) is 94.5 Å². The SMILES string of the molecule is CCCc1nc(COC[C@@H](C)OCC)ccc1[C@@]1(O)CCNC[C@@H]1OCc1ccc2c(c1)N(CCCOC)CCO2. The van der Waals surface area contributed by atoms with Crippen molar-refractivity contribution in [2.24, 2.45) is 0 Å². The first-order valence-corrected chi connectivity index (χ1v) is 15.2. The third kappa shape index (κ3) is 8.40. The molecule has 0 bridgehead atoms. The Hall–Kier alpha value is -2.27. The number of aromatic nitrogens is 1. The van der Waals surface area contributed by atoms with E-state index in [-0.39, 0.29) is 6.10 Å². The largest absolute Gasteiger partial charge is 0.490 e. The number of fused-ring (bicyclic) bond motifs is 1. The Balaban J connectivity index is 1.46. The molecule has 0 radical (unpaired) electrons. The van der Waals surface area contributed by atoms with Crippen molar-refractivity contribution in [1.82, 2.24) is 10.3 Å². The number of pyridine rings is 1. The molecule has 2 N–H and O–H groups in total. The molecule has 228 valence electrons. The number of aryl methyl sites for hydroxylation is 1. The molecular weight excluding hydrogens is 522 g/mol. The summed E-state index contributed by atoms with van der Waals surface area (Å²) in [5.74, 6) is 0.903. The van der Waals surface area contributed by atoms with Gasteiger partial charge in [0.25, 0.3) is 0 Å². The number of ether oxygens (including phenoxy) is 5. The van der Waals surface area contributed by atoms with Gasteiger partial charge in [-0.3, -0.25) is 4.98 Å². The quantitative estimate of drug-likeness (QED) is 0.290. The molecule has 0 aliphatic carbocycles. The van der Waals surface area contributed by atoms with Gasteiger partial charge in [0.2, 0.25) is 0 Å². The second-order valence-electron chi connectivity index (χ2n) is 11.0. The van der Waals surface area contributed by atoms with Crippen LogP contribution in [0.25, 0.3) is 0 Å². The van der Waals surface area contributed by atoms with Crippen molar-refractivity contribution in [2.45, 2.75) is 77.5 Å². The predicted octanol–water partition coefficient (Wildman–Crippen LogP) is 3.98. The maximum absolute atomic E-state index is 12.1. The summed E-state index contributed by atoms with van der Waals surface area (Å²) >= 11 is 0. The summed E-state index contributed by atoms with van der Waals surface area (Å²) < 4.78 is 29.1. The highest BCUT2D eigenvalue weighted by Gasteiger charge is 2.43. The molecule has 9 heteroatoms. The molecule has 3 heterocycles. The predicted molar refractivity (Wildman–Crippen MR) is 160 cm³/mol. The van der Waals surface area contributed by atoms with Crippen LogP contribution in [0.1, 0.15) is 62.5 Å². The highest BCUT2D eigenvalue weighted by Crippen LogP contribution is 2.37. The summed E-state index contributed by atoms with van der Waals surface area (Å²) in [7, 11) is 1.74. The lowest BCUT2D eigenvalue weighted by Gasteiger charge is -2.41. The zero-order chi connectivity index (χ0) is 29.1. The van der Waals surface area contributed by atoms with Gasteiger partial charge in [-0.05, 0) is 63.4 Å². The molecule has 0 amide bonds. The van der Waals surface area contributed by atoms with Crippen LogP contribution < -0.4 is 15.0 Å². The van der Waals surface area contributed by atoms with E-state index in [1.54, 1.807) is 7.11 Å². The first kappa shape index (κ1) is 31.7. The number of benzene rings is 1. The Morgan fingerprint density at radius 3 is 2.90 bits per heavy atom. The van der Waals surface area contributed by atoms with Crippen LogP contribution in [0.3, 0.4) is 0 Å². The summed E-state index contributed by atoms with van der Waals surface area (Å²) in [5.41, 5.74) is 3.66. The molecule has 2 aromatic rings. The number of hydrogen-bond acceptors (Lipinski definition) is 9. The van der Waals surface area contributed by atoms with Gasteiger partial charge in [-0.1, -0.05) is 25.5 Å². The van der Waals surface area contributed by atoms with Crippen molar-refractivity contribution in [3.8, 4) is 5.75 Å². The van der Waals surface area contributed by atoms with Gasteiger partial charge in [0.05, 0.1) is 43.9 Å². The molecule has 1 aromatic heterocycles. The molecule has 3 atom stereocenters. The van der Waals surface area contributed by atoms with Crippen LogP contribution >= 0.6 is 0 Å². The Labute approximate surface area is 245 Å². The maximum Gasteiger partial charge on any atom is 0.142 e. The molecule has 0 saturated carbocycles. The first-order chi connectivity index (χ1) is 20.0. The van der Waals surface area contributed by atoms with Crippen molar-refractivity contribution in [3.05, 3.63) is 52.8 Å². The minimum atomic E-state index is -1.13. The first-order valence-electron chi connectivity index (χ1n) is 15.2. The second-order valence-corrected chi connectivity index (χ2v) is 11.0. The van der Waals surface area contributed by atoms with Crippen molar-refractivity contribution < 1.29 is 28.8 Å². The van der Waals surface area contributed by atoms with Gasteiger partial charge in [0, 0.05) is 44.7 Å². The Kier molecular flexibility index (Phi) is 12.2. The molecule has 1 fully saturated rings. The van der Waals surface area contributed by atoms with Crippen LogP contribution in [0.5, 0.6) is 5.75 Å². The average molecular weight is 572 g/mol. The zero-order valence-corrected chi connectivity index (χ0v) is 25.3. The van der Waals surface area contributed by atoms with E-state index in [0.29, 0.717) is 52.5 Å². The molecule has 41 heavy (non-hydrogen) atoms. The average Bonchev–Trinajstić information content (AvgIpc) is 2.97. The van der Waals surface area contributed by atoms with Crippen molar-refractivity contribution >= 4 is 5.69 Å². The standard InChI is InChI=1S/C32H49N3O6/c1-5-8-28-27(11-10-26(34-28)23-38-21-24(3)39-6-2)32(36)13-14-33-20-31(32)41-22-25-9-12-30-29(19-25)35(16-18-40-30)15-7-17-37-4/h9-12,19,24,31,33,36H,5-8,13-18,20-23H2,1-4H3/t24-,31+,32+/m1/s1. The molecule has 2 aliphatic rings. The maximum atomic E-state index is 12.1. The Bertz CT molecular complexity index is 1090. The van der Waals surface area contributed by atoms with E-state index in [2.05, 4.69) is 29.3 Å². The third-order valence-corrected chi connectivity index (χ3v) is 7.79. The van der Waals surface area contributed by atoms with E-state index < -0.39 is 11.7 Å². The highest BCUT2D eigenvalue weighted by atomic mass is 16.5. The molecule has 9 nitrogen and oxygen atoms in total. The Morgan fingerprint density at radius 1 is 1.22 bits per heavy atom. The number of aliphatic hydroxyl groups is 1. The van der Waals surface area contributed by atoms with Gasteiger partial charge < -0.3 is 39.0 Å². The van der Waals surface area contributed by atoms with E-state index in [9.17, 15) is 5.11 Å². The lowest BCUT2D eigenvalue weighted by atomic mass is 9.81. The van der Waals surface area contributed by atoms with E-state index in [1.807, 2.05) is 32.0 Å². The molecule has 2 aliphatic heterocycles. The van der Waals surface area contributed by atoms with Crippen LogP contribution in [0.15, 0.2) is 30.3 Å². The van der Waals surface area contributed by atoms with Crippen molar-refractivity contribution in [2.75, 3.05) is 64.6 Å². The molecule has 0 spiro atoms. The van der Waals surface area contributed by atoms with Gasteiger partial charge >= 0.3 is 0 Å². The van der Waals surface area contributed by atoms with E-state index in [1.165, 1.54) is 0 Å². The summed E-state index contributed by atoms with van der Waals surface area (Å²) in [6, 6.07) is 10.2. The van der Waals surface area contributed by atoms with E-state index >= 15 is 0 Å². The number of piperidine rings is 1. The van der Waals surface area contributed by atoms with Crippen molar-refractivity contribution in [3.63, 3.8) is 0 Å². The fourth-order valence-corrected chi connectivity index (χ4v) is 5.69. The number of anilines is 1. The normalized spacial score (nSPS) is 21.4. The summed E-state index contributed by atoms with van der Waals surface area (Å²) in [6.45, 7) is 12.6. The molecule has 4 rings (SSSR count). The van der Waals surface area contributed by atoms with E-state index in [0.717, 1.165) is 72.9 Å². The van der Waals surface area contributed by atoms with Gasteiger partial charge in [-0.15, -0.1) is 0 Å². The lowest BCUT2D eigenvalue weighted by molar-refractivity contribution is -0.135. The second kappa shape index (κ2) is 15.8. The van der Waals surface area contributed by atoms with Gasteiger partial charge in [0.1, 0.15) is 24.1 Å². The zero-order valence-electron chi connectivity index (χ0n) is 25.3. The summed E-state index contributed by atoms with van der Waals surface area (Å²) in [6.07, 6.45) is 2.87. The smallest absolute Gasteiger partial charge is 0.142 e. The summed E-state index contributed by atoms with van der Waals surface area (Å²) in [4.78, 5) is 7.29. The monoisotopic (exact) mass is 571 g/mol. The van der Waals surface area contributed by atoms with Gasteiger partial charge in [0.15, 0.2) is 0 Å². The highest BCUT2D eigenvalue weighted by molar-refractivity contribution is 5.61. The van der Waals surface area contributed by atoms with Crippen LogP contribution in [-0.2, 0) is 44.2 Å². The number of methoxy groups -OCH3 is 1. The lowest BCUT2D eigenvalue weighted by Crippen LogP contribution is -2.53. The van der Waals surface area contributed by atoms with Crippen molar-refractivity contribution in [1.29, 1.82) is 0 Å². The molecular formula is C32H49N3O6. The van der Waals surface area contributed by atoms with Crippen LogP contribution in [0, 0.1) is 0 Å². The minimum Gasteiger partial charge on any atom is -0.490 e. The number of rotatable bonds is 16. The van der Waals surface area contributed by atoms with Crippen LogP contribution in [-0.4, -0.2) is 82.0 Å². The minimum absolute atomic E-state index is 0.0455. The van der Waals surface area contributed by atoms with Crippen LogP contribution in [0.2, 0.25) is 0 Å². The number of hydrogen-bond donors (Lipinski definition) is 2. The van der Waals surface area contributed by atoms with Gasteiger partial charge in [-0.2, -0.15) is 0 Å². The third-order valence-electron chi connectivity index (χ3n) is 7.79. The Morgan fingerprint density at radius 2 is 2.10 bits per heavy atom. The van der Waals surface area contributed by atoms with E-state index in [4.69, 9.17) is 28.7 Å². The fourth-order valence-electron chi connectivity index (χ4n) is 5.69. The van der Waals surface area contributed by atoms with Gasteiger partial charge in [-0.25, -0.2) is 0 Å². The van der Waals surface area contributed by atoms with Crippen LogP contribution in [0.4, 0.5) is 5.69 Å². The number of nitrogens with zero attached hydrogens (tertiary/aromatic N) is 2. The molecule has 1 saturated heterocycles. The number of nitrogens with one attached hydrogen (secondary N) is 1. The summed E-state index contributed by atoms with van der Waals surface area (Å²) in [5, 5.41) is 15.6. The molecule has 1 aromatic carbocycles. The molecule has 0 unspecified atom stereocenters. The fraction of sp³-hybridized carbons (Fsp3) is 0.656.